The van der Waals surface area contributed by atoms with Gasteiger partial charge in [0.25, 0.3) is 0 Å². The molecule has 0 radical (unpaired) electrons. The van der Waals surface area contributed by atoms with Crippen molar-refractivity contribution < 1.29 is 0 Å². The molecule has 0 atom stereocenters. The van der Waals surface area contributed by atoms with Crippen molar-refractivity contribution in [2.24, 2.45) is 0 Å². The third kappa shape index (κ3) is 5.05. The summed E-state index contributed by atoms with van der Waals surface area (Å²) in [7, 11) is 0. The molecule has 4 nitrogen and oxygen atoms in total. The van der Waals surface area contributed by atoms with Gasteiger partial charge in [0.2, 0.25) is 0 Å². The first-order valence-corrected chi connectivity index (χ1v) is 19.3. The van der Waals surface area contributed by atoms with Gasteiger partial charge in [-0.15, -0.1) is 0 Å². The van der Waals surface area contributed by atoms with Gasteiger partial charge in [0.05, 0.1) is 22.7 Å². The fraction of sp³-hybridized carbons (Fsp3) is 0. The van der Waals surface area contributed by atoms with Crippen molar-refractivity contribution in [3.05, 3.63) is 194 Å². The summed E-state index contributed by atoms with van der Waals surface area (Å²) in [5.74, 6) is 0.729. The Morgan fingerprint density at radius 2 is 0.818 bits per heavy atom. The van der Waals surface area contributed by atoms with Crippen molar-refractivity contribution >= 4 is 78.0 Å². The van der Waals surface area contributed by atoms with E-state index in [1.165, 1.54) is 55.0 Å². The van der Waals surface area contributed by atoms with Crippen LogP contribution in [0.2, 0.25) is 0 Å². The summed E-state index contributed by atoms with van der Waals surface area (Å²) in [5.41, 5.74) is 11.3. The van der Waals surface area contributed by atoms with Gasteiger partial charge in [0.1, 0.15) is 5.01 Å². The quantitative estimate of drug-likeness (QED) is 0.166. The second-order valence-electron chi connectivity index (χ2n) is 13.8. The molecule has 0 unspecified atom stereocenters. The Kier molecular flexibility index (Phi) is 7.32. The maximum atomic E-state index is 5.25. The smallest absolute Gasteiger partial charge is 0.173 e. The van der Waals surface area contributed by atoms with Gasteiger partial charge in [0, 0.05) is 22.5 Å². The van der Waals surface area contributed by atoms with Crippen molar-refractivity contribution in [1.82, 2.24) is 9.36 Å². The Morgan fingerprint density at radius 3 is 1.40 bits per heavy atom. The Hall–Kier alpha value is -7.08. The molecular formula is C50H32N4S. The minimum absolute atomic E-state index is 0.729. The summed E-state index contributed by atoms with van der Waals surface area (Å²) in [6, 6.07) is 69.2. The van der Waals surface area contributed by atoms with Gasteiger partial charge in [-0.1, -0.05) is 133 Å². The SMILES string of the molecule is c1ccc(N2c3ccccc3N(c3ccc(-c4nsc(-c5c6ccccc6c(-c6cccc7ccccc67)c6ccccc56)n4)cc3)c3ccccc32)cc1. The van der Waals surface area contributed by atoms with Crippen molar-refractivity contribution in [2.45, 2.75) is 0 Å². The molecule has 258 valence electrons. The first-order valence-electron chi connectivity index (χ1n) is 18.5. The van der Waals surface area contributed by atoms with Crippen LogP contribution in [0.3, 0.4) is 0 Å². The van der Waals surface area contributed by atoms with E-state index in [2.05, 4.69) is 204 Å². The Labute approximate surface area is 323 Å². The molecule has 0 aliphatic carbocycles. The zero-order chi connectivity index (χ0) is 36.3. The molecule has 0 amide bonds. The normalized spacial score (nSPS) is 12.3. The fourth-order valence-corrected chi connectivity index (χ4v) is 9.13. The Balaban J connectivity index is 1.01. The van der Waals surface area contributed by atoms with Crippen molar-refractivity contribution in [1.29, 1.82) is 0 Å². The highest BCUT2D eigenvalue weighted by molar-refractivity contribution is 7.09. The molecular weight excluding hydrogens is 689 g/mol. The summed E-state index contributed by atoms with van der Waals surface area (Å²) in [4.78, 5) is 9.94. The van der Waals surface area contributed by atoms with E-state index >= 15 is 0 Å². The average molecular weight is 721 g/mol. The molecule has 55 heavy (non-hydrogen) atoms. The molecule has 0 bridgehead atoms. The highest BCUT2D eigenvalue weighted by Crippen LogP contribution is 2.54. The molecule has 0 fully saturated rings. The van der Waals surface area contributed by atoms with Gasteiger partial charge < -0.3 is 9.80 Å². The Bertz CT molecular complexity index is 2950. The van der Waals surface area contributed by atoms with Crippen LogP contribution < -0.4 is 9.80 Å². The number of hydrogen-bond donors (Lipinski definition) is 0. The summed E-state index contributed by atoms with van der Waals surface area (Å²) in [6.07, 6.45) is 0. The van der Waals surface area contributed by atoms with Crippen LogP contribution in [0, 0.1) is 0 Å². The van der Waals surface area contributed by atoms with E-state index in [4.69, 9.17) is 9.36 Å². The van der Waals surface area contributed by atoms with Gasteiger partial charge in [-0.2, -0.15) is 4.37 Å². The maximum absolute atomic E-state index is 5.25. The number of nitrogens with zero attached hydrogens (tertiary/aromatic N) is 4. The minimum Gasteiger partial charge on any atom is -0.306 e. The number of para-hydroxylation sites is 5. The maximum Gasteiger partial charge on any atom is 0.173 e. The summed E-state index contributed by atoms with van der Waals surface area (Å²) >= 11 is 1.47. The largest absolute Gasteiger partial charge is 0.306 e. The monoisotopic (exact) mass is 720 g/mol. The topological polar surface area (TPSA) is 32.3 Å². The van der Waals surface area contributed by atoms with Gasteiger partial charge >= 0.3 is 0 Å². The summed E-state index contributed by atoms with van der Waals surface area (Å²) in [6.45, 7) is 0. The highest BCUT2D eigenvalue weighted by atomic mass is 32.1. The molecule has 0 saturated heterocycles. The number of anilines is 6. The number of rotatable bonds is 5. The predicted molar refractivity (Wildman–Crippen MR) is 232 cm³/mol. The summed E-state index contributed by atoms with van der Waals surface area (Å²) < 4.78 is 4.97. The van der Waals surface area contributed by atoms with Crippen LogP contribution in [0.15, 0.2) is 194 Å². The zero-order valence-corrected chi connectivity index (χ0v) is 30.5. The van der Waals surface area contributed by atoms with E-state index in [0.29, 0.717) is 0 Å². The second-order valence-corrected chi connectivity index (χ2v) is 14.6. The molecule has 1 aliphatic heterocycles. The van der Waals surface area contributed by atoms with E-state index in [1.54, 1.807) is 0 Å². The van der Waals surface area contributed by atoms with E-state index in [0.717, 1.165) is 56.1 Å². The van der Waals surface area contributed by atoms with Crippen LogP contribution in [0.4, 0.5) is 34.1 Å². The van der Waals surface area contributed by atoms with Crippen molar-refractivity contribution in [2.75, 3.05) is 9.80 Å². The zero-order valence-electron chi connectivity index (χ0n) is 29.7. The first kappa shape index (κ1) is 31.4. The number of hydrogen-bond acceptors (Lipinski definition) is 5. The molecule has 5 heteroatoms. The lowest BCUT2D eigenvalue weighted by molar-refractivity contribution is 1.17. The van der Waals surface area contributed by atoms with E-state index in [9.17, 15) is 0 Å². The Morgan fingerprint density at radius 1 is 0.364 bits per heavy atom. The lowest BCUT2D eigenvalue weighted by Gasteiger charge is -2.40. The van der Waals surface area contributed by atoms with Crippen LogP contribution in [0.5, 0.6) is 0 Å². The van der Waals surface area contributed by atoms with Gasteiger partial charge in [-0.05, 0) is 116 Å². The van der Waals surface area contributed by atoms with Gasteiger partial charge in [-0.25, -0.2) is 4.98 Å². The molecule has 0 N–H and O–H groups in total. The molecule has 0 spiro atoms. The van der Waals surface area contributed by atoms with Crippen LogP contribution in [-0.4, -0.2) is 9.36 Å². The molecule has 1 aliphatic rings. The number of fused-ring (bicyclic) bond motifs is 5. The van der Waals surface area contributed by atoms with Crippen LogP contribution in [0.1, 0.15) is 0 Å². The number of benzene rings is 9. The molecule has 2 heterocycles. The molecule has 10 aromatic rings. The van der Waals surface area contributed by atoms with Crippen LogP contribution in [0.25, 0.3) is 65.4 Å². The molecule has 9 aromatic carbocycles. The minimum atomic E-state index is 0.729. The van der Waals surface area contributed by atoms with Crippen molar-refractivity contribution in [3.63, 3.8) is 0 Å². The van der Waals surface area contributed by atoms with E-state index in [-0.39, 0.29) is 0 Å². The van der Waals surface area contributed by atoms with Gasteiger partial charge in [-0.3, -0.25) is 0 Å². The van der Waals surface area contributed by atoms with E-state index < -0.39 is 0 Å². The van der Waals surface area contributed by atoms with Crippen LogP contribution in [-0.2, 0) is 0 Å². The number of aromatic nitrogens is 2. The van der Waals surface area contributed by atoms with Crippen LogP contribution >= 0.6 is 11.5 Å². The highest BCUT2D eigenvalue weighted by Gasteiger charge is 2.30. The van der Waals surface area contributed by atoms with Crippen molar-refractivity contribution in [3.8, 4) is 33.1 Å². The van der Waals surface area contributed by atoms with Gasteiger partial charge in [0.15, 0.2) is 5.82 Å². The molecule has 0 saturated carbocycles. The molecule has 1 aromatic heterocycles. The third-order valence-corrected chi connectivity index (χ3v) is 11.5. The molecule has 11 rings (SSSR count). The predicted octanol–water partition coefficient (Wildman–Crippen LogP) is 14.3. The lowest BCUT2D eigenvalue weighted by atomic mass is 9.87. The fourth-order valence-electron chi connectivity index (χ4n) is 8.37. The average Bonchev–Trinajstić information content (AvgIpc) is 3.75. The summed E-state index contributed by atoms with van der Waals surface area (Å²) in [5, 5.41) is 8.17. The third-order valence-electron chi connectivity index (χ3n) is 10.8. The van der Waals surface area contributed by atoms with E-state index in [1.807, 2.05) is 0 Å². The lowest BCUT2D eigenvalue weighted by Crippen LogP contribution is -2.23. The standard InChI is InChI=1S/C50H32N4S/c1-2-17-35(18-3-1)53-43-25-10-12-27-45(43)54(46-28-13-11-26-44(46)53)36-31-29-34(30-32-36)49-51-50(55-52-49)48-41-22-8-6-20-39(41)47(40-21-7-9-23-42(40)48)38-24-14-16-33-15-4-5-19-37(33)38/h1-32H. The second kappa shape index (κ2) is 12.8. The first-order chi connectivity index (χ1) is 27.3.